The molecule has 0 aliphatic carbocycles. The van der Waals surface area contributed by atoms with E-state index in [1.807, 2.05) is 36.4 Å². The van der Waals surface area contributed by atoms with Gasteiger partial charge in [-0.15, -0.1) is 0 Å². The third-order valence-corrected chi connectivity index (χ3v) is 3.63. The topological polar surface area (TPSA) is 87.7 Å². The fourth-order valence-corrected chi connectivity index (χ4v) is 2.51. The summed E-state index contributed by atoms with van der Waals surface area (Å²) in [7, 11) is 0. The lowest BCUT2D eigenvalue weighted by Gasteiger charge is -2.02. The van der Waals surface area contributed by atoms with Crippen molar-refractivity contribution in [3.8, 4) is 12.1 Å². The summed E-state index contributed by atoms with van der Waals surface area (Å²) in [5.41, 5.74) is 7.61. The van der Waals surface area contributed by atoms with E-state index in [1.54, 1.807) is 0 Å². The second-order valence-electron chi connectivity index (χ2n) is 3.84. The van der Waals surface area contributed by atoms with E-state index in [1.165, 1.54) is 17.8 Å². The molecule has 3 N–H and O–H groups in total. The summed E-state index contributed by atoms with van der Waals surface area (Å²) in [5, 5.41) is 18.6. The van der Waals surface area contributed by atoms with Crippen molar-refractivity contribution >= 4 is 17.6 Å². The molecule has 0 aliphatic rings. The van der Waals surface area contributed by atoms with Crippen LogP contribution >= 0.6 is 11.8 Å². The number of nitriles is 2. The first-order chi connectivity index (χ1) is 9.24. The minimum Gasteiger partial charge on any atom is -0.286 e. The van der Waals surface area contributed by atoms with E-state index in [9.17, 15) is 0 Å². The fourth-order valence-electron chi connectivity index (χ4n) is 1.56. The Balaban J connectivity index is 2.24. The molecule has 0 unspecified atom stereocenters. The molecule has 1 aromatic carbocycles. The van der Waals surface area contributed by atoms with Gasteiger partial charge in [-0.05, 0) is 11.6 Å². The molecule has 0 spiro atoms. The number of anilines is 1. The maximum Gasteiger partial charge on any atom is 0.289 e. The number of nitrogens with one attached hydrogen (secondary N) is 1. The number of rotatable bonds is 3. The van der Waals surface area contributed by atoms with Crippen LogP contribution in [0.25, 0.3) is 0 Å². The predicted octanol–water partition coefficient (Wildman–Crippen LogP) is 2.12. The second-order valence-corrected chi connectivity index (χ2v) is 4.82. The van der Waals surface area contributed by atoms with Crippen LogP contribution in [-0.4, -0.2) is 0 Å². The van der Waals surface area contributed by atoms with Crippen molar-refractivity contribution in [1.29, 1.82) is 10.5 Å². The summed E-state index contributed by atoms with van der Waals surface area (Å²) in [6, 6.07) is 15.5. The number of benzene rings is 1. The van der Waals surface area contributed by atoms with Crippen LogP contribution in [0, 0.1) is 22.7 Å². The molecule has 0 amide bonds. The molecule has 2 rings (SSSR count). The van der Waals surface area contributed by atoms with Gasteiger partial charge in [0.05, 0.1) is 0 Å². The van der Waals surface area contributed by atoms with Crippen molar-refractivity contribution in [2.45, 2.75) is 10.8 Å². The average molecular weight is 267 g/mol. The van der Waals surface area contributed by atoms with Gasteiger partial charge in [0.1, 0.15) is 23.3 Å². The molecule has 19 heavy (non-hydrogen) atoms. The Bertz CT molecular complexity index is 668. The average Bonchev–Trinajstić information content (AvgIpc) is 2.46. The minimum absolute atomic E-state index is 0.289. The SMILES string of the molecule is N#Cc1cc(C#N)c(SCc2ccccc2)[nH+]c1N. The summed E-state index contributed by atoms with van der Waals surface area (Å²) in [4.78, 5) is 2.91. The number of nitrogens with zero attached hydrogens (tertiary/aromatic N) is 2. The third-order valence-electron chi connectivity index (χ3n) is 2.54. The minimum atomic E-state index is 0.289. The van der Waals surface area contributed by atoms with E-state index in [2.05, 4.69) is 11.1 Å². The second kappa shape index (κ2) is 5.90. The van der Waals surface area contributed by atoms with Gasteiger partial charge in [-0.1, -0.05) is 42.1 Å². The van der Waals surface area contributed by atoms with Gasteiger partial charge in [0.25, 0.3) is 5.82 Å². The van der Waals surface area contributed by atoms with Gasteiger partial charge < -0.3 is 0 Å². The number of aromatic nitrogens is 1. The highest BCUT2D eigenvalue weighted by Gasteiger charge is 2.14. The largest absolute Gasteiger partial charge is 0.289 e. The molecule has 0 atom stereocenters. The Morgan fingerprint density at radius 3 is 2.42 bits per heavy atom. The van der Waals surface area contributed by atoms with Gasteiger partial charge in [0, 0.05) is 5.75 Å². The standard InChI is InChI=1S/C14H10N4S/c15-7-11-6-12(8-16)14(18-13(11)17)19-9-10-4-2-1-3-5-10/h1-6H,9H2,(H2,17,18)/p+1. The molecule has 0 bridgehead atoms. The molecule has 0 saturated carbocycles. The highest BCUT2D eigenvalue weighted by atomic mass is 32.2. The van der Waals surface area contributed by atoms with Crippen molar-refractivity contribution in [3.63, 3.8) is 0 Å². The molecule has 2 aromatic rings. The number of nitrogens with two attached hydrogens (primary N) is 1. The first-order valence-electron chi connectivity index (χ1n) is 5.57. The maximum absolute atomic E-state index is 9.09. The molecule has 4 nitrogen and oxygen atoms in total. The molecule has 5 heteroatoms. The fraction of sp³-hybridized carbons (Fsp3) is 0.0714. The Morgan fingerprint density at radius 2 is 1.79 bits per heavy atom. The van der Waals surface area contributed by atoms with E-state index < -0.39 is 0 Å². The number of H-pyrrole nitrogens is 1. The van der Waals surface area contributed by atoms with E-state index in [0.29, 0.717) is 16.2 Å². The Kier molecular flexibility index (Phi) is 4.02. The van der Waals surface area contributed by atoms with Crippen LogP contribution in [0.2, 0.25) is 0 Å². The van der Waals surface area contributed by atoms with Crippen molar-refractivity contribution in [2.24, 2.45) is 0 Å². The number of thioether (sulfide) groups is 1. The molecule has 0 fully saturated rings. The van der Waals surface area contributed by atoms with Gasteiger partial charge in [0.2, 0.25) is 0 Å². The zero-order chi connectivity index (χ0) is 13.7. The Labute approximate surface area is 115 Å². The molecular weight excluding hydrogens is 256 g/mol. The van der Waals surface area contributed by atoms with Crippen LogP contribution in [0.5, 0.6) is 0 Å². The first-order valence-corrected chi connectivity index (χ1v) is 6.56. The molecule has 0 aliphatic heterocycles. The molecule has 1 heterocycles. The lowest BCUT2D eigenvalue weighted by Crippen LogP contribution is -2.16. The van der Waals surface area contributed by atoms with Crippen LogP contribution in [-0.2, 0) is 5.75 Å². The lowest BCUT2D eigenvalue weighted by molar-refractivity contribution is -0.410. The van der Waals surface area contributed by atoms with Crippen LogP contribution in [0.4, 0.5) is 5.82 Å². The lowest BCUT2D eigenvalue weighted by atomic mass is 10.2. The summed E-state index contributed by atoms with van der Waals surface area (Å²) in [5.74, 6) is 1.02. The van der Waals surface area contributed by atoms with E-state index in [0.717, 1.165) is 11.3 Å². The number of nitrogen functional groups attached to an aromatic ring is 1. The smallest absolute Gasteiger partial charge is 0.286 e. The molecular formula is C14H11N4S+. The quantitative estimate of drug-likeness (QED) is 0.863. The first kappa shape index (κ1) is 12.9. The summed E-state index contributed by atoms with van der Waals surface area (Å²) in [6.07, 6.45) is 0. The zero-order valence-corrected chi connectivity index (χ0v) is 10.9. The number of aromatic amines is 1. The van der Waals surface area contributed by atoms with E-state index >= 15 is 0 Å². The molecule has 1 aromatic heterocycles. The highest BCUT2D eigenvalue weighted by molar-refractivity contribution is 7.98. The Hall–Kier alpha value is -2.50. The van der Waals surface area contributed by atoms with Crippen molar-refractivity contribution in [1.82, 2.24) is 0 Å². The van der Waals surface area contributed by atoms with Gasteiger partial charge in [0.15, 0.2) is 5.03 Å². The number of pyridine rings is 1. The molecule has 0 saturated heterocycles. The summed E-state index contributed by atoms with van der Waals surface area (Å²) >= 11 is 1.49. The Morgan fingerprint density at radius 1 is 1.11 bits per heavy atom. The third kappa shape index (κ3) is 3.04. The zero-order valence-electron chi connectivity index (χ0n) is 10.1. The predicted molar refractivity (Wildman–Crippen MR) is 72.8 cm³/mol. The van der Waals surface area contributed by atoms with Crippen molar-refractivity contribution in [2.75, 3.05) is 5.73 Å². The van der Waals surface area contributed by atoms with Crippen LogP contribution in [0.3, 0.4) is 0 Å². The van der Waals surface area contributed by atoms with Crippen molar-refractivity contribution < 1.29 is 4.98 Å². The van der Waals surface area contributed by atoms with E-state index in [-0.39, 0.29) is 5.82 Å². The van der Waals surface area contributed by atoms with Gasteiger partial charge in [-0.25, -0.2) is 4.98 Å². The number of hydrogen-bond acceptors (Lipinski definition) is 4. The number of hydrogen-bond donors (Lipinski definition) is 1. The van der Waals surface area contributed by atoms with Crippen LogP contribution in [0.15, 0.2) is 41.4 Å². The molecule has 0 radical (unpaired) electrons. The van der Waals surface area contributed by atoms with Crippen LogP contribution < -0.4 is 10.7 Å². The normalized spacial score (nSPS) is 9.58. The van der Waals surface area contributed by atoms with E-state index in [4.69, 9.17) is 16.3 Å². The van der Waals surface area contributed by atoms with Gasteiger partial charge >= 0.3 is 0 Å². The summed E-state index contributed by atoms with van der Waals surface area (Å²) < 4.78 is 0. The molecule has 92 valence electrons. The maximum atomic E-state index is 9.09. The monoisotopic (exact) mass is 267 g/mol. The van der Waals surface area contributed by atoms with Crippen molar-refractivity contribution in [3.05, 3.63) is 53.1 Å². The van der Waals surface area contributed by atoms with Gasteiger partial charge in [-0.2, -0.15) is 10.5 Å². The highest BCUT2D eigenvalue weighted by Crippen LogP contribution is 2.23. The van der Waals surface area contributed by atoms with Crippen LogP contribution in [0.1, 0.15) is 16.7 Å². The van der Waals surface area contributed by atoms with Gasteiger partial charge in [-0.3, -0.25) is 5.73 Å². The summed E-state index contributed by atoms with van der Waals surface area (Å²) in [6.45, 7) is 0.